The molecule has 1 N–H and O–H groups in total. The maximum absolute atomic E-state index is 12.0. The third-order valence-electron chi connectivity index (χ3n) is 2.96. The first kappa shape index (κ1) is 13.5. The molecule has 1 unspecified atom stereocenters. The second kappa shape index (κ2) is 5.17. The zero-order valence-corrected chi connectivity index (χ0v) is 11.3. The maximum atomic E-state index is 12.0. The molecule has 1 amide bonds. The fourth-order valence-electron chi connectivity index (χ4n) is 1.99. The van der Waals surface area contributed by atoms with Gasteiger partial charge in [-0.15, -0.1) is 0 Å². The average Bonchev–Trinajstić information content (AvgIpc) is 2.43. The molecule has 94 valence electrons. The summed E-state index contributed by atoms with van der Waals surface area (Å²) in [5.74, 6) is 0.290. The Morgan fingerprint density at radius 1 is 1.44 bits per heavy atom. The first-order valence-corrected chi connectivity index (χ1v) is 6.34. The molecule has 0 bridgehead atoms. The molecule has 1 saturated heterocycles. The minimum atomic E-state index is 0.0555. The number of likely N-dealkylation sites (tertiary alicyclic amines) is 1. The molecule has 1 aliphatic heterocycles. The number of nitrogens with one attached hydrogen (secondary N) is 1. The van der Waals surface area contributed by atoms with Gasteiger partial charge in [0.2, 0.25) is 5.91 Å². The molecule has 16 heavy (non-hydrogen) atoms. The van der Waals surface area contributed by atoms with Crippen LogP contribution in [-0.2, 0) is 4.79 Å². The molecule has 3 heteroatoms. The Bertz CT molecular complexity index is 243. The van der Waals surface area contributed by atoms with E-state index >= 15 is 0 Å². The van der Waals surface area contributed by atoms with Gasteiger partial charge in [0.25, 0.3) is 0 Å². The molecule has 0 aromatic carbocycles. The summed E-state index contributed by atoms with van der Waals surface area (Å²) in [5, 5.41) is 3.33. The third-order valence-corrected chi connectivity index (χ3v) is 2.96. The van der Waals surface area contributed by atoms with Crippen LogP contribution in [0.4, 0.5) is 0 Å². The van der Waals surface area contributed by atoms with Crippen LogP contribution in [0.2, 0.25) is 0 Å². The third kappa shape index (κ3) is 4.12. The zero-order chi connectivity index (χ0) is 12.3. The minimum absolute atomic E-state index is 0.0555. The van der Waals surface area contributed by atoms with Gasteiger partial charge >= 0.3 is 0 Å². The lowest BCUT2D eigenvalue weighted by Gasteiger charge is -2.23. The first-order chi connectivity index (χ1) is 7.29. The Hall–Kier alpha value is -0.570. The van der Waals surface area contributed by atoms with Gasteiger partial charge in [-0.3, -0.25) is 4.79 Å². The minimum Gasteiger partial charge on any atom is -0.341 e. The number of amides is 1. The Morgan fingerprint density at radius 3 is 2.56 bits per heavy atom. The Balaban J connectivity index is 2.39. The van der Waals surface area contributed by atoms with Crippen LogP contribution in [0, 0.1) is 5.41 Å². The van der Waals surface area contributed by atoms with E-state index in [1.807, 2.05) is 4.90 Å². The van der Waals surface area contributed by atoms with Crippen LogP contribution in [0.25, 0.3) is 0 Å². The molecule has 1 atom stereocenters. The summed E-state index contributed by atoms with van der Waals surface area (Å²) in [6, 6.07) is 0.441. The van der Waals surface area contributed by atoms with Crippen molar-refractivity contribution in [2.24, 2.45) is 5.41 Å². The fourth-order valence-corrected chi connectivity index (χ4v) is 1.99. The number of carbonyl (C=O) groups is 1. The standard InChI is InChI=1S/C13H26N2O/c1-10(2)14-11-6-8-15(12(11)16)9-7-13(3,4)5/h10-11,14H,6-9H2,1-5H3. The van der Waals surface area contributed by atoms with Crippen LogP contribution in [0.15, 0.2) is 0 Å². The summed E-state index contributed by atoms with van der Waals surface area (Å²) < 4.78 is 0. The highest BCUT2D eigenvalue weighted by atomic mass is 16.2. The summed E-state index contributed by atoms with van der Waals surface area (Å²) in [7, 11) is 0. The van der Waals surface area contributed by atoms with Crippen LogP contribution in [0.1, 0.15) is 47.5 Å². The predicted molar refractivity (Wildman–Crippen MR) is 67.3 cm³/mol. The van der Waals surface area contributed by atoms with Gasteiger partial charge < -0.3 is 10.2 Å². The summed E-state index contributed by atoms with van der Waals surface area (Å²) in [6.07, 6.45) is 2.04. The van der Waals surface area contributed by atoms with Crippen LogP contribution in [-0.4, -0.2) is 36.0 Å². The summed E-state index contributed by atoms with van der Waals surface area (Å²) in [6.45, 7) is 12.7. The number of nitrogens with zero attached hydrogens (tertiary/aromatic N) is 1. The molecule has 1 rings (SSSR count). The molecule has 1 aliphatic rings. The van der Waals surface area contributed by atoms with Crippen molar-refractivity contribution in [3.05, 3.63) is 0 Å². The van der Waals surface area contributed by atoms with Crippen LogP contribution < -0.4 is 5.32 Å². The van der Waals surface area contributed by atoms with Gasteiger partial charge in [0, 0.05) is 19.1 Å². The maximum Gasteiger partial charge on any atom is 0.239 e. The monoisotopic (exact) mass is 226 g/mol. The number of hydrogen-bond donors (Lipinski definition) is 1. The van der Waals surface area contributed by atoms with Gasteiger partial charge in [-0.1, -0.05) is 34.6 Å². The van der Waals surface area contributed by atoms with E-state index in [-0.39, 0.29) is 11.9 Å². The molecule has 0 aromatic rings. The lowest BCUT2D eigenvalue weighted by Crippen LogP contribution is -2.42. The van der Waals surface area contributed by atoms with E-state index in [0.29, 0.717) is 11.5 Å². The van der Waals surface area contributed by atoms with E-state index in [4.69, 9.17) is 0 Å². The SMILES string of the molecule is CC(C)NC1CCN(CCC(C)(C)C)C1=O. The van der Waals surface area contributed by atoms with Crippen molar-refractivity contribution in [1.29, 1.82) is 0 Å². The van der Waals surface area contributed by atoms with Crippen LogP contribution >= 0.6 is 0 Å². The normalized spacial score (nSPS) is 22.2. The molecular weight excluding hydrogens is 200 g/mol. The molecular formula is C13H26N2O. The van der Waals surface area contributed by atoms with Crippen LogP contribution in [0.3, 0.4) is 0 Å². The number of hydrogen-bond acceptors (Lipinski definition) is 2. The van der Waals surface area contributed by atoms with Gasteiger partial charge in [-0.25, -0.2) is 0 Å². The average molecular weight is 226 g/mol. The lowest BCUT2D eigenvalue weighted by atomic mass is 9.92. The van der Waals surface area contributed by atoms with E-state index in [2.05, 4.69) is 39.9 Å². The van der Waals surface area contributed by atoms with Gasteiger partial charge in [0.05, 0.1) is 6.04 Å². The molecule has 1 heterocycles. The van der Waals surface area contributed by atoms with E-state index in [9.17, 15) is 4.79 Å². The van der Waals surface area contributed by atoms with Gasteiger partial charge in [-0.2, -0.15) is 0 Å². The van der Waals surface area contributed by atoms with Crippen molar-refractivity contribution >= 4 is 5.91 Å². The molecule has 0 aliphatic carbocycles. The second-order valence-corrected chi connectivity index (χ2v) is 6.30. The Kier molecular flexibility index (Phi) is 4.36. The first-order valence-electron chi connectivity index (χ1n) is 6.34. The number of rotatable bonds is 4. The van der Waals surface area contributed by atoms with Crippen molar-refractivity contribution < 1.29 is 4.79 Å². The summed E-state index contributed by atoms with van der Waals surface area (Å²) in [4.78, 5) is 14.0. The molecule has 3 nitrogen and oxygen atoms in total. The molecule has 0 aromatic heterocycles. The highest BCUT2D eigenvalue weighted by Crippen LogP contribution is 2.21. The Morgan fingerprint density at radius 2 is 2.06 bits per heavy atom. The number of carbonyl (C=O) groups excluding carboxylic acids is 1. The van der Waals surface area contributed by atoms with Crippen molar-refractivity contribution in [3.63, 3.8) is 0 Å². The van der Waals surface area contributed by atoms with E-state index in [1.165, 1.54) is 0 Å². The van der Waals surface area contributed by atoms with Crippen molar-refractivity contribution in [2.45, 2.75) is 59.5 Å². The van der Waals surface area contributed by atoms with Crippen molar-refractivity contribution in [2.75, 3.05) is 13.1 Å². The Labute approximate surface area is 99.6 Å². The lowest BCUT2D eigenvalue weighted by molar-refractivity contribution is -0.129. The molecule has 0 saturated carbocycles. The molecule has 0 radical (unpaired) electrons. The van der Waals surface area contributed by atoms with Gasteiger partial charge in [0.15, 0.2) is 0 Å². The van der Waals surface area contributed by atoms with Gasteiger partial charge in [0.1, 0.15) is 0 Å². The van der Waals surface area contributed by atoms with E-state index in [1.54, 1.807) is 0 Å². The fraction of sp³-hybridized carbons (Fsp3) is 0.923. The molecule has 0 spiro atoms. The van der Waals surface area contributed by atoms with E-state index < -0.39 is 0 Å². The van der Waals surface area contributed by atoms with Crippen molar-refractivity contribution in [1.82, 2.24) is 10.2 Å². The van der Waals surface area contributed by atoms with Crippen LogP contribution in [0.5, 0.6) is 0 Å². The van der Waals surface area contributed by atoms with Crippen molar-refractivity contribution in [3.8, 4) is 0 Å². The largest absolute Gasteiger partial charge is 0.341 e. The smallest absolute Gasteiger partial charge is 0.239 e. The predicted octanol–water partition coefficient (Wildman–Crippen LogP) is 2.02. The second-order valence-electron chi connectivity index (χ2n) is 6.30. The van der Waals surface area contributed by atoms with E-state index in [0.717, 1.165) is 25.9 Å². The summed E-state index contributed by atoms with van der Waals surface area (Å²) >= 11 is 0. The highest BCUT2D eigenvalue weighted by Gasteiger charge is 2.31. The topological polar surface area (TPSA) is 32.3 Å². The van der Waals surface area contributed by atoms with Gasteiger partial charge in [-0.05, 0) is 18.3 Å². The quantitative estimate of drug-likeness (QED) is 0.795. The molecule has 1 fully saturated rings. The zero-order valence-electron chi connectivity index (χ0n) is 11.3. The summed E-state index contributed by atoms with van der Waals surface area (Å²) in [5.41, 5.74) is 0.309. The highest BCUT2D eigenvalue weighted by molar-refractivity contribution is 5.83.